The van der Waals surface area contributed by atoms with Crippen LogP contribution in [0.15, 0.2) is 24.3 Å². The van der Waals surface area contributed by atoms with Crippen molar-refractivity contribution in [3.05, 3.63) is 29.8 Å². The molecule has 1 aromatic rings. The van der Waals surface area contributed by atoms with Gasteiger partial charge in [0, 0.05) is 12.8 Å². The van der Waals surface area contributed by atoms with Gasteiger partial charge in [0.2, 0.25) is 5.92 Å². The molecule has 2 fully saturated rings. The molecule has 2 aliphatic carbocycles. The summed E-state index contributed by atoms with van der Waals surface area (Å²) in [6.07, 6.45) is 0.855. The van der Waals surface area contributed by atoms with E-state index < -0.39 is 17.6 Å². The van der Waals surface area contributed by atoms with Crippen molar-refractivity contribution in [2.45, 2.75) is 56.1 Å². The molecular weight excluding hydrogens is 292 g/mol. The molecule has 2 N–H and O–H groups in total. The molecule has 6 heteroatoms. The first-order valence-corrected chi connectivity index (χ1v) is 7.55. The lowest BCUT2D eigenvalue weighted by Crippen LogP contribution is -2.33. The molecule has 2 saturated carbocycles. The van der Waals surface area contributed by atoms with Gasteiger partial charge < -0.3 is 15.2 Å². The zero-order valence-corrected chi connectivity index (χ0v) is 12.1. The van der Waals surface area contributed by atoms with Crippen molar-refractivity contribution >= 4 is 6.09 Å². The predicted octanol–water partition coefficient (Wildman–Crippen LogP) is 3.90. The number of amides is 1. The van der Waals surface area contributed by atoms with Crippen LogP contribution >= 0.6 is 0 Å². The number of carbonyl (C=O) groups is 1. The SMILES string of the molecule is O=C(O)NC1(c2ccc(OC3CCC(F)(F)CC3)cc2)CC1. The van der Waals surface area contributed by atoms with Crippen LogP contribution in [-0.2, 0) is 5.54 Å². The van der Waals surface area contributed by atoms with Crippen LogP contribution in [0.4, 0.5) is 13.6 Å². The monoisotopic (exact) mass is 311 g/mol. The van der Waals surface area contributed by atoms with Crippen molar-refractivity contribution < 1.29 is 23.4 Å². The van der Waals surface area contributed by atoms with Crippen LogP contribution in [0.5, 0.6) is 5.75 Å². The molecule has 0 unspecified atom stereocenters. The second kappa shape index (κ2) is 5.41. The second-order valence-electron chi connectivity index (χ2n) is 6.21. The van der Waals surface area contributed by atoms with Crippen molar-refractivity contribution in [1.82, 2.24) is 5.32 Å². The number of ether oxygens (including phenoxy) is 1. The third-order valence-corrected chi connectivity index (χ3v) is 4.47. The van der Waals surface area contributed by atoms with E-state index in [9.17, 15) is 13.6 Å². The van der Waals surface area contributed by atoms with Crippen LogP contribution in [0, 0.1) is 0 Å². The number of halogens is 2. The van der Waals surface area contributed by atoms with E-state index in [4.69, 9.17) is 9.84 Å². The maximum atomic E-state index is 13.1. The first kappa shape index (κ1) is 15.1. The fourth-order valence-corrected chi connectivity index (χ4v) is 2.99. The molecule has 0 spiro atoms. The Labute approximate surface area is 127 Å². The Kier molecular flexibility index (Phi) is 3.70. The van der Waals surface area contributed by atoms with Crippen LogP contribution in [0.25, 0.3) is 0 Å². The molecule has 120 valence electrons. The smallest absolute Gasteiger partial charge is 0.405 e. The predicted molar refractivity (Wildman–Crippen MR) is 76.3 cm³/mol. The van der Waals surface area contributed by atoms with Gasteiger partial charge in [0.25, 0.3) is 0 Å². The largest absolute Gasteiger partial charge is 0.490 e. The molecule has 0 atom stereocenters. The van der Waals surface area contributed by atoms with Gasteiger partial charge in [-0.25, -0.2) is 13.6 Å². The topological polar surface area (TPSA) is 58.6 Å². The highest BCUT2D eigenvalue weighted by molar-refractivity contribution is 5.67. The highest BCUT2D eigenvalue weighted by Gasteiger charge is 2.45. The molecular formula is C16H19F2NO3. The number of nitrogens with one attached hydrogen (secondary N) is 1. The second-order valence-corrected chi connectivity index (χ2v) is 6.21. The Morgan fingerprint density at radius 3 is 2.23 bits per heavy atom. The standard InChI is InChI=1S/C16H19F2NO3/c17-16(18)7-5-13(6-8-16)22-12-3-1-11(2-4-12)15(9-10-15)19-14(20)21/h1-4,13,19H,5-10H2,(H,20,21). The van der Waals surface area contributed by atoms with Gasteiger partial charge in [-0.15, -0.1) is 0 Å². The number of alkyl halides is 2. The first-order chi connectivity index (χ1) is 10.4. The van der Waals surface area contributed by atoms with Gasteiger partial charge in [0.15, 0.2) is 0 Å². The summed E-state index contributed by atoms with van der Waals surface area (Å²) in [6.45, 7) is 0. The van der Waals surface area contributed by atoms with Crippen molar-refractivity contribution in [1.29, 1.82) is 0 Å². The minimum absolute atomic E-state index is 0.124. The quantitative estimate of drug-likeness (QED) is 0.886. The molecule has 0 aliphatic heterocycles. The third-order valence-electron chi connectivity index (χ3n) is 4.47. The summed E-state index contributed by atoms with van der Waals surface area (Å²) in [5.74, 6) is -1.91. The summed E-state index contributed by atoms with van der Waals surface area (Å²) in [4.78, 5) is 10.8. The molecule has 0 aromatic heterocycles. The Bertz CT molecular complexity index is 545. The summed E-state index contributed by atoms with van der Waals surface area (Å²) in [5, 5.41) is 11.4. The molecule has 0 radical (unpaired) electrons. The fraction of sp³-hybridized carbons (Fsp3) is 0.562. The number of rotatable bonds is 4. The molecule has 4 nitrogen and oxygen atoms in total. The third kappa shape index (κ3) is 3.31. The fourth-order valence-electron chi connectivity index (χ4n) is 2.99. The minimum Gasteiger partial charge on any atom is -0.490 e. The zero-order chi connectivity index (χ0) is 15.8. The lowest BCUT2D eigenvalue weighted by atomic mass is 9.94. The maximum Gasteiger partial charge on any atom is 0.405 e. The summed E-state index contributed by atoms with van der Waals surface area (Å²) in [6, 6.07) is 7.25. The van der Waals surface area contributed by atoms with Crippen LogP contribution < -0.4 is 10.1 Å². The van der Waals surface area contributed by atoms with E-state index in [1.165, 1.54) is 0 Å². The summed E-state index contributed by atoms with van der Waals surface area (Å²) in [7, 11) is 0. The van der Waals surface area contributed by atoms with E-state index in [-0.39, 0.29) is 18.9 Å². The first-order valence-electron chi connectivity index (χ1n) is 7.55. The molecule has 0 bridgehead atoms. The Morgan fingerprint density at radius 2 is 1.73 bits per heavy atom. The summed E-state index contributed by atoms with van der Waals surface area (Å²) < 4.78 is 32.0. The number of hydrogen-bond donors (Lipinski definition) is 2. The highest BCUT2D eigenvalue weighted by atomic mass is 19.3. The molecule has 22 heavy (non-hydrogen) atoms. The van der Waals surface area contributed by atoms with E-state index >= 15 is 0 Å². The summed E-state index contributed by atoms with van der Waals surface area (Å²) >= 11 is 0. The average Bonchev–Trinajstić information content (AvgIpc) is 3.22. The van der Waals surface area contributed by atoms with Gasteiger partial charge in [0.1, 0.15) is 5.75 Å². The lowest BCUT2D eigenvalue weighted by molar-refractivity contribution is -0.0582. The van der Waals surface area contributed by atoms with E-state index in [2.05, 4.69) is 5.32 Å². The van der Waals surface area contributed by atoms with E-state index in [1.54, 1.807) is 12.1 Å². The Hall–Kier alpha value is -1.85. The van der Waals surface area contributed by atoms with E-state index in [0.717, 1.165) is 18.4 Å². The van der Waals surface area contributed by atoms with Crippen LogP contribution in [0.2, 0.25) is 0 Å². The maximum absolute atomic E-state index is 13.1. The summed E-state index contributed by atoms with van der Waals surface area (Å²) in [5.41, 5.74) is 0.453. The highest BCUT2D eigenvalue weighted by Crippen LogP contribution is 2.45. The lowest BCUT2D eigenvalue weighted by Gasteiger charge is -2.28. The van der Waals surface area contributed by atoms with E-state index in [1.807, 2.05) is 12.1 Å². The Balaban J connectivity index is 1.60. The average molecular weight is 311 g/mol. The van der Waals surface area contributed by atoms with Crippen molar-refractivity contribution in [2.75, 3.05) is 0 Å². The van der Waals surface area contributed by atoms with Gasteiger partial charge in [-0.1, -0.05) is 12.1 Å². The van der Waals surface area contributed by atoms with Gasteiger partial charge >= 0.3 is 6.09 Å². The van der Waals surface area contributed by atoms with Crippen molar-refractivity contribution in [3.8, 4) is 5.75 Å². The van der Waals surface area contributed by atoms with Crippen molar-refractivity contribution in [3.63, 3.8) is 0 Å². The number of benzene rings is 1. The number of hydrogen-bond acceptors (Lipinski definition) is 2. The van der Waals surface area contributed by atoms with Gasteiger partial charge in [-0.05, 0) is 43.4 Å². The zero-order valence-electron chi connectivity index (χ0n) is 12.1. The van der Waals surface area contributed by atoms with Gasteiger partial charge in [-0.3, -0.25) is 0 Å². The van der Waals surface area contributed by atoms with Crippen LogP contribution in [0.3, 0.4) is 0 Å². The minimum atomic E-state index is -2.55. The molecule has 1 aromatic carbocycles. The normalized spacial score (nSPS) is 22.8. The van der Waals surface area contributed by atoms with E-state index in [0.29, 0.717) is 18.6 Å². The number of carboxylic acid groups (broad SMARTS) is 1. The van der Waals surface area contributed by atoms with Crippen molar-refractivity contribution in [2.24, 2.45) is 0 Å². The molecule has 1 amide bonds. The molecule has 3 rings (SSSR count). The molecule has 0 heterocycles. The van der Waals surface area contributed by atoms with Crippen LogP contribution in [0.1, 0.15) is 44.1 Å². The molecule has 0 saturated heterocycles. The van der Waals surface area contributed by atoms with Crippen LogP contribution in [-0.4, -0.2) is 23.2 Å². The Morgan fingerprint density at radius 1 is 1.14 bits per heavy atom. The molecule has 2 aliphatic rings. The van der Waals surface area contributed by atoms with Gasteiger partial charge in [-0.2, -0.15) is 0 Å². The van der Waals surface area contributed by atoms with Gasteiger partial charge in [0.05, 0.1) is 11.6 Å².